The van der Waals surface area contributed by atoms with Crippen LogP contribution in [0.3, 0.4) is 0 Å². The van der Waals surface area contributed by atoms with Crippen LogP contribution in [0.15, 0.2) is 0 Å². The average Bonchev–Trinajstić information content (AvgIpc) is 3.18. The van der Waals surface area contributed by atoms with Crippen molar-refractivity contribution in [1.82, 2.24) is 0 Å². The molecule has 0 aromatic rings. The van der Waals surface area contributed by atoms with E-state index in [1.54, 1.807) is 0 Å². The summed E-state index contributed by atoms with van der Waals surface area (Å²) in [6.07, 6.45) is 9.91. The number of hydrogen-bond donors (Lipinski definition) is 0. The van der Waals surface area contributed by atoms with Crippen molar-refractivity contribution >= 4 is 0 Å². The lowest BCUT2D eigenvalue weighted by Crippen LogP contribution is -2.39. The van der Waals surface area contributed by atoms with Crippen LogP contribution in [-0.4, -0.2) is 31.7 Å². The summed E-state index contributed by atoms with van der Waals surface area (Å²) in [5, 5.41) is 0. The Morgan fingerprint density at radius 3 is 2.53 bits per heavy atom. The van der Waals surface area contributed by atoms with Crippen LogP contribution >= 0.6 is 0 Å². The van der Waals surface area contributed by atoms with Crippen molar-refractivity contribution in [1.29, 1.82) is 0 Å². The van der Waals surface area contributed by atoms with Gasteiger partial charge in [0.25, 0.3) is 0 Å². The molecule has 0 bridgehead atoms. The Morgan fingerprint density at radius 2 is 1.88 bits per heavy atom. The molecule has 0 N–H and O–H groups in total. The number of unbranched alkanes of at least 4 members (excludes halogenated alkanes) is 2. The summed E-state index contributed by atoms with van der Waals surface area (Å²) in [6, 6.07) is 0. The van der Waals surface area contributed by atoms with E-state index in [9.17, 15) is 0 Å². The third kappa shape index (κ3) is 4.57. The quantitative estimate of drug-likeness (QED) is 0.372. The highest BCUT2D eigenvalue weighted by molar-refractivity contribution is 4.78. The van der Waals surface area contributed by atoms with Crippen molar-refractivity contribution in [3.05, 3.63) is 0 Å². The van der Waals surface area contributed by atoms with Gasteiger partial charge in [-0.2, -0.15) is 0 Å². The van der Waals surface area contributed by atoms with Gasteiger partial charge in [-0.1, -0.05) is 26.2 Å². The van der Waals surface area contributed by atoms with E-state index in [2.05, 4.69) is 6.92 Å². The third-order valence-electron chi connectivity index (χ3n) is 3.66. The van der Waals surface area contributed by atoms with Gasteiger partial charge < -0.3 is 14.2 Å². The molecule has 2 rings (SSSR count). The van der Waals surface area contributed by atoms with Crippen LogP contribution in [0.5, 0.6) is 0 Å². The molecule has 1 saturated carbocycles. The fourth-order valence-electron chi connectivity index (χ4n) is 2.44. The standard InChI is InChI=1S/C14H26O3/c1-2-3-7-10-16-14(8-5-4-6-9-14)17-12-13-11-15-13/h13H,2-12H2,1H3. The summed E-state index contributed by atoms with van der Waals surface area (Å²) < 4.78 is 17.3. The SMILES string of the molecule is CCCCCOC1(OCC2CO2)CCCCC1. The molecule has 1 heterocycles. The number of rotatable bonds is 8. The molecular formula is C14H26O3. The predicted molar refractivity (Wildman–Crippen MR) is 67.0 cm³/mol. The Hall–Kier alpha value is -0.120. The lowest BCUT2D eigenvalue weighted by Gasteiger charge is -2.37. The lowest BCUT2D eigenvalue weighted by molar-refractivity contribution is -0.254. The zero-order valence-electron chi connectivity index (χ0n) is 11.1. The van der Waals surface area contributed by atoms with E-state index in [0.717, 1.165) is 32.5 Å². The Balaban J connectivity index is 1.73. The second-order valence-corrected chi connectivity index (χ2v) is 5.29. The van der Waals surface area contributed by atoms with Crippen LogP contribution < -0.4 is 0 Å². The smallest absolute Gasteiger partial charge is 0.168 e. The van der Waals surface area contributed by atoms with Gasteiger partial charge in [-0.25, -0.2) is 0 Å². The van der Waals surface area contributed by atoms with Crippen LogP contribution in [-0.2, 0) is 14.2 Å². The van der Waals surface area contributed by atoms with Gasteiger partial charge in [0.1, 0.15) is 6.10 Å². The summed E-state index contributed by atoms with van der Waals surface area (Å²) in [5.41, 5.74) is 0. The fraction of sp³-hybridized carbons (Fsp3) is 1.00. The lowest BCUT2D eigenvalue weighted by atomic mass is 9.94. The number of ether oxygens (including phenoxy) is 3. The van der Waals surface area contributed by atoms with Crippen LogP contribution in [0.4, 0.5) is 0 Å². The number of hydrogen-bond acceptors (Lipinski definition) is 3. The molecule has 0 spiro atoms. The minimum Gasteiger partial charge on any atom is -0.371 e. The molecule has 17 heavy (non-hydrogen) atoms. The second kappa shape index (κ2) is 6.72. The van der Waals surface area contributed by atoms with Crippen molar-refractivity contribution in [2.24, 2.45) is 0 Å². The predicted octanol–water partition coefficient (Wildman–Crippen LogP) is 3.27. The van der Waals surface area contributed by atoms with Crippen LogP contribution in [0.25, 0.3) is 0 Å². The monoisotopic (exact) mass is 242 g/mol. The summed E-state index contributed by atoms with van der Waals surface area (Å²) >= 11 is 0. The zero-order chi connectivity index (χ0) is 12.0. The maximum absolute atomic E-state index is 6.07. The first kappa shape index (κ1) is 13.3. The van der Waals surface area contributed by atoms with Gasteiger partial charge in [-0.05, 0) is 19.3 Å². The minimum atomic E-state index is -0.280. The highest BCUT2D eigenvalue weighted by atomic mass is 16.7. The van der Waals surface area contributed by atoms with E-state index in [4.69, 9.17) is 14.2 Å². The molecule has 3 nitrogen and oxygen atoms in total. The van der Waals surface area contributed by atoms with E-state index < -0.39 is 0 Å². The molecule has 2 fully saturated rings. The molecule has 2 aliphatic rings. The number of epoxide rings is 1. The molecule has 1 atom stereocenters. The maximum atomic E-state index is 6.07. The summed E-state index contributed by atoms with van der Waals surface area (Å²) in [6.45, 7) is 4.65. The van der Waals surface area contributed by atoms with Gasteiger partial charge in [-0.3, -0.25) is 0 Å². The summed E-state index contributed by atoms with van der Waals surface area (Å²) in [7, 11) is 0. The molecule has 1 aliphatic carbocycles. The molecular weight excluding hydrogens is 216 g/mol. The average molecular weight is 242 g/mol. The van der Waals surface area contributed by atoms with E-state index in [-0.39, 0.29) is 5.79 Å². The Morgan fingerprint density at radius 1 is 1.12 bits per heavy atom. The van der Waals surface area contributed by atoms with Gasteiger partial charge in [0.2, 0.25) is 0 Å². The molecule has 1 saturated heterocycles. The second-order valence-electron chi connectivity index (χ2n) is 5.29. The normalized spacial score (nSPS) is 27.0. The van der Waals surface area contributed by atoms with Crippen molar-refractivity contribution in [2.45, 2.75) is 70.2 Å². The van der Waals surface area contributed by atoms with E-state index in [1.807, 2.05) is 0 Å². The molecule has 0 radical (unpaired) electrons. The van der Waals surface area contributed by atoms with Gasteiger partial charge in [0.05, 0.1) is 19.8 Å². The first-order valence-corrected chi connectivity index (χ1v) is 7.24. The molecule has 1 unspecified atom stereocenters. The van der Waals surface area contributed by atoms with Gasteiger partial charge in [-0.15, -0.1) is 0 Å². The molecule has 1 aliphatic heterocycles. The molecule has 3 heteroatoms. The first-order valence-electron chi connectivity index (χ1n) is 7.24. The van der Waals surface area contributed by atoms with Crippen molar-refractivity contribution in [3.63, 3.8) is 0 Å². The summed E-state index contributed by atoms with van der Waals surface area (Å²) in [5.74, 6) is -0.280. The summed E-state index contributed by atoms with van der Waals surface area (Å²) in [4.78, 5) is 0. The third-order valence-corrected chi connectivity index (χ3v) is 3.66. The van der Waals surface area contributed by atoms with Crippen LogP contribution in [0.1, 0.15) is 58.3 Å². The fourth-order valence-corrected chi connectivity index (χ4v) is 2.44. The van der Waals surface area contributed by atoms with Crippen molar-refractivity contribution in [3.8, 4) is 0 Å². The first-order chi connectivity index (χ1) is 8.35. The van der Waals surface area contributed by atoms with E-state index in [1.165, 1.54) is 32.1 Å². The Kier molecular flexibility index (Phi) is 5.26. The van der Waals surface area contributed by atoms with Gasteiger partial charge in [0, 0.05) is 12.8 Å². The zero-order valence-corrected chi connectivity index (χ0v) is 11.1. The van der Waals surface area contributed by atoms with Crippen molar-refractivity contribution < 1.29 is 14.2 Å². The molecule has 100 valence electrons. The Bertz CT molecular complexity index is 208. The maximum Gasteiger partial charge on any atom is 0.168 e. The topological polar surface area (TPSA) is 31.0 Å². The van der Waals surface area contributed by atoms with E-state index >= 15 is 0 Å². The van der Waals surface area contributed by atoms with Crippen LogP contribution in [0.2, 0.25) is 0 Å². The van der Waals surface area contributed by atoms with Gasteiger partial charge >= 0.3 is 0 Å². The highest BCUT2D eigenvalue weighted by Crippen LogP contribution is 2.33. The van der Waals surface area contributed by atoms with Gasteiger partial charge in [0.15, 0.2) is 5.79 Å². The molecule has 0 aromatic heterocycles. The highest BCUT2D eigenvalue weighted by Gasteiger charge is 2.36. The largest absolute Gasteiger partial charge is 0.371 e. The van der Waals surface area contributed by atoms with Crippen molar-refractivity contribution in [2.75, 3.05) is 19.8 Å². The van der Waals surface area contributed by atoms with Crippen LogP contribution in [0, 0.1) is 0 Å². The van der Waals surface area contributed by atoms with E-state index in [0.29, 0.717) is 12.7 Å². The molecule has 0 amide bonds. The Labute approximate surface area is 105 Å². The minimum absolute atomic E-state index is 0.280. The molecule has 0 aromatic carbocycles.